The van der Waals surface area contributed by atoms with E-state index in [4.69, 9.17) is 27.9 Å². The van der Waals surface area contributed by atoms with Gasteiger partial charge in [0, 0.05) is 6.04 Å². The van der Waals surface area contributed by atoms with Gasteiger partial charge in [0.1, 0.15) is 5.60 Å². The highest BCUT2D eigenvalue weighted by atomic mass is 35.5. The van der Waals surface area contributed by atoms with Crippen LogP contribution in [0, 0.1) is 0 Å². The third-order valence-electron chi connectivity index (χ3n) is 3.85. The molecule has 0 aromatic heterocycles. The van der Waals surface area contributed by atoms with E-state index in [9.17, 15) is 21.6 Å². The fraction of sp³-hybridized carbons (Fsp3) is 0.562. The molecule has 0 spiro atoms. The molecule has 1 saturated heterocycles. The Morgan fingerprint density at radius 1 is 1.22 bits per heavy atom. The number of halogens is 2. The molecular formula is C16H21Cl2NO6S2. The maximum absolute atomic E-state index is 12.9. The molecule has 0 aliphatic carbocycles. The van der Waals surface area contributed by atoms with E-state index >= 15 is 0 Å². The zero-order valence-corrected chi connectivity index (χ0v) is 18.2. The van der Waals surface area contributed by atoms with Gasteiger partial charge in [-0.3, -0.25) is 4.79 Å². The first kappa shape index (κ1) is 22.4. The molecule has 0 saturated carbocycles. The molecule has 2 rings (SSSR count). The lowest BCUT2D eigenvalue weighted by atomic mass is 10.2. The van der Waals surface area contributed by atoms with E-state index < -0.39 is 48.3 Å². The Morgan fingerprint density at radius 2 is 1.85 bits per heavy atom. The molecule has 1 heterocycles. The van der Waals surface area contributed by atoms with Crippen molar-refractivity contribution in [2.24, 2.45) is 0 Å². The minimum atomic E-state index is -4.02. The molecule has 27 heavy (non-hydrogen) atoms. The number of nitrogens with one attached hydrogen (secondary N) is 1. The quantitative estimate of drug-likeness (QED) is 0.672. The van der Waals surface area contributed by atoms with Gasteiger partial charge in [-0.25, -0.2) is 16.8 Å². The Morgan fingerprint density at radius 3 is 2.41 bits per heavy atom. The van der Waals surface area contributed by atoms with Gasteiger partial charge in [-0.2, -0.15) is 0 Å². The number of sulfone groups is 2. The number of carbonyl (C=O) groups is 1. The van der Waals surface area contributed by atoms with Gasteiger partial charge in [0.15, 0.2) is 19.7 Å². The van der Waals surface area contributed by atoms with Crippen LogP contribution in [-0.4, -0.2) is 57.7 Å². The molecule has 0 radical (unpaired) electrons. The first-order valence-corrected chi connectivity index (χ1v) is 12.2. The van der Waals surface area contributed by atoms with E-state index in [1.54, 1.807) is 20.8 Å². The normalized spacial score (nSPS) is 22.6. The van der Waals surface area contributed by atoms with Gasteiger partial charge in [0.2, 0.25) is 0 Å². The van der Waals surface area contributed by atoms with Crippen LogP contribution in [0.3, 0.4) is 0 Å². The molecule has 0 bridgehead atoms. The van der Waals surface area contributed by atoms with Crippen molar-refractivity contribution in [1.82, 2.24) is 5.32 Å². The summed E-state index contributed by atoms with van der Waals surface area (Å²) in [6.07, 6.45) is 0. The minimum absolute atomic E-state index is 0.0526. The van der Waals surface area contributed by atoms with Crippen molar-refractivity contribution in [3.05, 3.63) is 28.2 Å². The van der Waals surface area contributed by atoms with Gasteiger partial charge in [-0.05, 0) is 39.0 Å². The van der Waals surface area contributed by atoms with Gasteiger partial charge in [0.25, 0.3) is 0 Å². The lowest BCUT2D eigenvalue weighted by molar-refractivity contribution is -0.153. The van der Waals surface area contributed by atoms with Gasteiger partial charge >= 0.3 is 5.97 Å². The largest absolute Gasteiger partial charge is 0.459 e. The lowest BCUT2D eigenvalue weighted by Gasteiger charge is -2.22. The van der Waals surface area contributed by atoms with Crippen LogP contribution in [0.2, 0.25) is 10.0 Å². The number of esters is 1. The molecule has 1 aliphatic heterocycles. The zero-order chi connectivity index (χ0) is 20.6. The molecule has 1 aromatic rings. The van der Waals surface area contributed by atoms with Crippen molar-refractivity contribution in [2.45, 2.75) is 42.6 Å². The van der Waals surface area contributed by atoms with Crippen LogP contribution in [0.4, 0.5) is 0 Å². The number of carbonyl (C=O) groups excluding carboxylic acids is 1. The Labute approximate surface area is 169 Å². The summed E-state index contributed by atoms with van der Waals surface area (Å²) in [5.74, 6) is -1.53. The van der Waals surface area contributed by atoms with Gasteiger partial charge in [-0.1, -0.05) is 23.2 Å². The van der Waals surface area contributed by atoms with Crippen molar-refractivity contribution in [1.29, 1.82) is 0 Å². The SMILES string of the molecule is CC(C)(C)OC(=O)CN[C@@H]1CS(=O)(=O)C[C@H]1S(=O)(=O)c1ccc(Cl)c(Cl)c1. The van der Waals surface area contributed by atoms with Crippen LogP contribution in [0.15, 0.2) is 23.1 Å². The van der Waals surface area contributed by atoms with Crippen LogP contribution in [0.1, 0.15) is 20.8 Å². The molecule has 11 heteroatoms. The fourth-order valence-electron chi connectivity index (χ4n) is 2.73. The highest BCUT2D eigenvalue weighted by Gasteiger charge is 2.46. The van der Waals surface area contributed by atoms with E-state index in [2.05, 4.69) is 5.32 Å². The molecule has 1 fully saturated rings. The van der Waals surface area contributed by atoms with E-state index in [1.165, 1.54) is 18.2 Å². The van der Waals surface area contributed by atoms with Crippen molar-refractivity contribution < 1.29 is 26.4 Å². The Hall–Kier alpha value is -0.870. The van der Waals surface area contributed by atoms with Crippen LogP contribution in [-0.2, 0) is 29.2 Å². The van der Waals surface area contributed by atoms with Crippen molar-refractivity contribution in [2.75, 3.05) is 18.1 Å². The Kier molecular flexibility index (Phi) is 6.53. The predicted octanol–water partition coefficient (Wildman–Crippen LogP) is 1.86. The highest BCUT2D eigenvalue weighted by Crippen LogP contribution is 2.30. The molecule has 1 aliphatic rings. The van der Waals surface area contributed by atoms with Gasteiger partial charge in [0.05, 0.1) is 38.2 Å². The minimum Gasteiger partial charge on any atom is -0.459 e. The Balaban J connectivity index is 2.24. The van der Waals surface area contributed by atoms with Gasteiger partial charge in [-0.15, -0.1) is 0 Å². The molecule has 1 aromatic carbocycles. The van der Waals surface area contributed by atoms with Crippen molar-refractivity contribution in [3.8, 4) is 0 Å². The molecule has 2 atom stereocenters. The molecule has 152 valence electrons. The monoisotopic (exact) mass is 457 g/mol. The van der Waals surface area contributed by atoms with Crippen molar-refractivity contribution in [3.63, 3.8) is 0 Å². The molecule has 7 nitrogen and oxygen atoms in total. The average Bonchev–Trinajstić information content (AvgIpc) is 2.82. The van der Waals surface area contributed by atoms with Crippen molar-refractivity contribution >= 4 is 48.8 Å². The number of rotatable bonds is 5. The maximum Gasteiger partial charge on any atom is 0.320 e. The molecule has 1 N–H and O–H groups in total. The van der Waals surface area contributed by atoms with E-state index in [-0.39, 0.29) is 27.2 Å². The first-order valence-electron chi connectivity index (χ1n) is 8.06. The predicted molar refractivity (Wildman–Crippen MR) is 104 cm³/mol. The second kappa shape index (κ2) is 7.87. The topological polar surface area (TPSA) is 107 Å². The third-order valence-corrected chi connectivity index (χ3v) is 8.73. The standard InChI is InChI=1S/C16H21Cl2NO6S2/c1-16(2,3)25-15(20)7-19-13-8-26(21,22)9-14(13)27(23,24)10-4-5-11(17)12(18)6-10/h4-6,13-14,19H,7-9H2,1-3H3/t13-,14-/m1/s1. The van der Waals surface area contributed by atoms with E-state index in [0.717, 1.165) is 0 Å². The van der Waals surface area contributed by atoms with Gasteiger partial charge < -0.3 is 10.1 Å². The molecule has 0 unspecified atom stereocenters. The highest BCUT2D eigenvalue weighted by molar-refractivity contribution is 7.96. The summed E-state index contributed by atoms with van der Waals surface area (Å²) >= 11 is 11.7. The summed E-state index contributed by atoms with van der Waals surface area (Å²) in [6.45, 7) is 4.79. The summed E-state index contributed by atoms with van der Waals surface area (Å²) in [5, 5.41) is 1.71. The maximum atomic E-state index is 12.9. The molecular weight excluding hydrogens is 437 g/mol. The smallest absolute Gasteiger partial charge is 0.320 e. The summed E-state index contributed by atoms with van der Waals surface area (Å²) in [4.78, 5) is 11.7. The third kappa shape index (κ3) is 5.80. The second-order valence-electron chi connectivity index (χ2n) is 7.31. The Bertz CT molecular complexity index is 938. The summed E-state index contributed by atoms with van der Waals surface area (Å²) in [6, 6.07) is 2.86. The number of benzene rings is 1. The number of ether oxygens (including phenoxy) is 1. The first-order chi connectivity index (χ1) is 12.2. The van der Waals surface area contributed by atoms with E-state index in [0.29, 0.717) is 0 Å². The average molecular weight is 458 g/mol. The lowest BCUT2D eigenvalue weighted by Crippen LogP contribution is -2.46. The fourth-order valence-corrected chi connectivity index (χ4v) is 7.84. The summed E-state index contributed by atoms with van der Waals surface area (Å²) in [5.41, 5.74) is -0.702. The number of hydrogen-bond donors (Lipinski definition) is 1. The summed E-state index contributed by atoms with van der Waals surface area (Å²) < 4.78 is 55.2. The van der Waals surface area contributed by atoms with Crippen LogP contribution < -0.4 is 5.32 Å². The zero-order valence-electron chi connectivity index (χ0n) is 15.0. The number of hydrogen-bond acceptors (Lipinski definition) is 7. The second-order valence-corrected chi connectivity index (χ2v) is 12.4. The van der Waals surface area contributed by atoms with E-state index in [1.807, 2.05) is 0 Å². The van der Waals surface area contributed by atoms with Crippen LogP contribution >= 0.6 is 23.2 Å². The summed E-state index contributed by atoms with van der Waals surface area (Å²) in [7, 11) is -7.61. The van der Waals surface area contributed by atoms with Crippen LogP contribution in [0.5, 0.6) is 0 Å². The molecule has 0 amide bonds. The van der Waals surface area contributed by atoms with Crippen LogP contribution in [0.25, 0.3) is 0 Å².